The summed E-state index contributed by atoms with van der Waals surface area (Å²) in [6, 6.07) is 6.69. The largest absolute Gasteiger partial charge is 0.363 e. The number of nitrogens with one attached hydrogen (secondary N) is 1. The van der Waals surface area contributed by atoms with E-state index in [2.05, 4.69) is 15.5 Å². The SMILES string of the molecule is CNc1nnc(CSc2ccccc2[N+](=O)[O-])s1. The number of nitro benzene ring substituents is 1. The lowest BCUT2D eigenvalue weighted by Gasteiger charge is -2.00. The van der Waals surface area contributed by atoms with Crippen molar-refractivity contribution < 1.29 is 4.92 Å². The smallest absolute Gasteiger partial charge is 0.282 e. The molecule has 0 aliphatic carbocycles. The molecule has 0 bridgehead atoms. The van der Waals surface area contributed by atoms with Crippen molar-refractivity contribution in [2.75, 3.05) is 12.4 Å². The number of para-hydroxylation sites is 1. The molecule has 2 aromatic rings. The van der Waals surface area contributed by atoms with Crippen LogP contribution in [0.3, 0.4) is 0 Å². The Morgan fingerprint density at radius 3 is 2.89 bits per heavy atom. The van der Waals surface area contributed by atoms with Crippen LogP contribution in [-0.2, 0) is 5.75 Å². The van der Waals surface area contributed by atoms with E-state index in [1.807, 2.05) is 0 Å². The van der Waals surface area contributed by atoms with Gasteiger partial charge in [-0.25, -0.2) is 0 Å². The first kappa shape index (κ1) is 12.8. The molecule has 0 unspecified atom stereocenters. The van der Waals surface area contributed by atoms with Crippen LogP contribution in [0, 0.1) is 10.1 Å². The lowest BCUT2D eigenvalue weighted by Crippen LogP contribution is -1.90. The predicted molar refractivity (Wildman–Crippen MR) is 72.1 cm³/mol. The van der Waals surface area contributed by atoms with Gasteiger partial charge in [0.05, 0.1) is 15.6 Å². The van der Waals surface area contributed by atoms with Gasteiger partial charge < -0.3 is 5.32 Å². The molecule has 0 radical (unpaired) electrons. The molecular formula is C10H10N4O2S2. The molecule has 0 saturated heterocycles. The normalized spacial score (nSPS) is 10.3. The second-order valence-corrected chi connectivity index (χ2v) is 5.34. The molecule has 1 aromatic carbocycles. The Hall–Kier alpha value is -1.67. The number of nitro groups is 1. The van der Waals surface area contributed by atoms with E-state index in [1.54, 1.807) is 25.2 Å². The van der Waals surface area contributed by atoms with Gasteiger partial charge in [0.1, 0.15) is 5.01 Å². The fraction of sp³-hybridized carbons (Fsp3) is 0.200. The molecule has 0 fully saturated rings. The third-order valence-corrected chi connectivity index (χ3v) is 4.29. The summed E-state index contributed by atoms with van der Waals surface area (Å²) in [5.74, 6) is 0.574. The van der Waals surface area contributed by atoms with Gasteiger partial charge in [-0.15, -0.1) is 22.0 Å². The van der Waals surface area contributed by atoms with Gasteiger partial charge >= 0.3 is 0 Å². The van der Waals surface area contributed by atoms with Crippen molar-refractivity contribution in [1.82, 2.24) is 10.2 Å². The Morgan fingerprint density at radius 1 is 1.44 bits per heavy atom. The first-order valence-corrected chi connectivity index (χ1v) is 6.87. The molecular weight excluding hydrogens is 272 g/mol. The zero-order valence-electron chi connectivity index (χ0n) is 9.49. The van der Waals surface area contributed by atoms with Gasteiger partial charge in [0.25, 0.3) is 5.69 Å². The topological polar surface area (TPSA) is 81.0 Å². The summed E-state index contributed by atoms with van der Waals surface area (Å²) in [4.78, 5) is 11.1. The highest BCUT2D eigenvalue weighted by Crippen LogP contribution is 2.32. The highest BCUT2D eigenvalue weighted by molar-refractivity contribution is 7.98. The molecule has 0 amide bonds. The zero-order valence-corrected chi connectivity index (χ0v) is 11.1. The minimum Gasteiger partial charge on any atom is -0.363 e. The molecule has 2 rings (SSSR count). The lowest BCUT2D eigenvalue weighted by molar-refractivity contribution is -0.387. The number of benzene rings is 1. The Labute approximate surface area is 112 Å². The van der Waals surface area contributed by atoms with E-state index in [4.69, 9.17) is 0 Å². The van der Waals surface area contributed by atoms with Crippen LogP contribution in [0.2, 0.25) is 0 Å². The molecule has 18 heavy (non-hydrogen) atoms. The van der Waals surface area contributed by atoms with Crippen LogP contribution in [0.25, 0.3) is 0 Å². The number of hydrogen-bond acceptors (Lipinski definition) is 7. The summed E-state index contributed by atoms with van der Waals surface area (Å²) in [6.07, 6.45) is 0. The van der Waals surface area contributed by atoms with Crippen molar-refractivity contribution in [2.24, 2.45) is 0 Å². The van der Waals surface area contributed by atoms with E-state index < -0.39 is 0 Å². The summed E-state index contributed by atoms with van der Waals surface area (Å²) >= 11 is 2.83. The Kier molecular flexibility index (Phi) is 4.11. The van der Waals surface area contributed by atoms with Crippen LogP contribution in [0.1, 0.15) is 5.01 Å². The molecule has 1 heterocycles. The highest BCUT2D eigenvalue weighted by atomic mass is 32.2. The van der Waals surface area contributed by atoms with Crippen molar-refractivity contribution in [2.45, 2.75) is 10.6 Å². The number of rotatable bonds is 5. The maximum Gasteiger partial charge on any atom is 0.282 e. The molecule has 94 valence electrons. The lowest BCUT2D eigenvalue weighted by atomic mass is 10.3. The fourth-order valence-corrected chi connectivity index (χ4v) is 2.99. The predicted octanol–water partition coefficient (Wildman–Crippen LogP) is 2.78. The van der Waals surface area contributed by atoms with Crippen molar-refractivity contribution in [3.63, 3.8) is 0 Å². The van der Waals surface area contributed by atoms with Gasteiger partial charge in [-0.05, 0) is 6.07 Å². The molecule has 1 aromatic heterocycles. The van der Waals surface area contributed by atoms with E-state index in [-0.39, 0.29) is 10.6 Å². The molecule has 0 atom stereocenters. The Morgan fingerprint density at radius 2 is 2.22 bits per heavy atom. The second-order valence-electron chi connectivity index (χ2n) is 3.26. The van der Waals surface area contributed by atoms with Gasteiger partial charge in [0.2, 0.25) is 5.13 Å². The van der Waals surface area contributed by atoms with Crippen LogP contribution in [0.15, 0.2) is 29.2 Å². The first-order chi connectivity index (χ1) is 8.70. The number of anilines is 1. The minimum atomic E-state index is -0.374. The Bertz CT molecular complexity index is 558. The molecule has 6 nitrogen and oxygen atoms in total. The average Bonchev–Trinajstić information content (AvgIpc) is 2.84. The maximum absolute atomic E-state index is 10.8. The highest BCUT2D eigenvalue weighted by Gasteiger charge is 2.13. The summed E-state index contributed by atoms with van der Waals surface area (Å²) in [7, 11) is 1.78. The quantitative estimate of drug-likeness (QED) is 0.516. The average molecular weight is 282 g/mol. The second kappa shape index (κ2) is 5.78. The summed E-state index contributed by atoms with van der Waals surface area (Å²) in [5.41, 5.74) is 0.126. The van der Waals surface area contributed by atoms with Crippen LogP contribution < -0.4 is 5.32 Å². The summed E-state index contributed by atoms with van der Waals surface area (Å²) in [5, 5.41) is 23.2. The van der Waals surface area contributed by atoms with Crippen molar-refractivity contribution >= 4 is 33.9 Å². The third-order valence-electron chi connectivity index (χ3n) is 2.09. The number of thioether (sulfide) groups is 1. The van der Waals surface area contributed by atoms with Gasteiger partial charge in [0, 0.05) is 13.1 Å². The van der Waals surface area contributed by atoms with E-state index in [0.717, 1.165) is 10.1 Å². The van der Waals surface area contributed by atoms with Crippen LogP contribution >= 0.6 is 23.1 Å². The van der Waals surface area contributed by atoms with E-state index in [1.165, 1.54) is 29.2 Å². The van der Waals surface area contributed by atoms with Gasteiger partial charge in [-0.3, -0.25) is 10.1 Å². The van der Waals surface area contributed by atoms with E-state index in [0.29, 0.717) is 10.6 Å². The zero-order chi connectivity index (χ0) is 13.0. The third kappa shape index (κ3) is 2.96. The Balaban J connectivity index is 2.08. The molecule has 1 N–H and O–H groups in total. The number of aromatic nitrogens is 2. The number of hydrogen-bond donors (Lipinski definition) is 1. The first-order valence-electron chi connectivity index (χ1n) is 5.07. The van der Waals surface area contributed by atoms with Crippen LogP contribution in [0.4, 0.5) is 10.8 Å². The molecule has 0 aliphatic rings. The fourth-order valence-electron chi connectivity index (χ4n) is 1.28. The van der Waals surface area contributed by atoms with Crippen LogP contribution in [-0.4, -0.2) is 22.2 Å². The maximum atomic E-state index is 10.8. The van der Waals surface area contributed by atoms with Crippen molar-refractivity contribution in [3.8, 4) is 0 Å². The molecule has 0 saturated carbocycles. The van der Waals surface area contributed by atoms with Crippen molar-refractivity contribution in [1.29, 1.82) is 0 Å². The van der Waals surface area contributed by atoms with E-state index in [9.17, 15) is 10.1 Å². The minimum absolute atomic E-state index is 0.126. The standard InChI is InChI=1S/C10H10N4O2S2/c1-11-10-13-12-9(18-10)6-17-8-5-3-2-4-7(8)14(15)16/h2-5H,6H2,1H3,(H,11,13). The van der Waals surface area contributed by atoms with Gasteiger partial charge in [0.15, 0.2) is 0 Å². The van der Waals surface area contributed by atoms with Gasteiger partial charge in [-0.2, -0.15) is 0 Å². The summed E-state index contributed by atoms with van der Waals surface area (Å²) in [6.45, 7) is 0. The molecule has 0 aliphatic heterocycles. The molecule has 0 spiro atoms. The number of nitrogens with zero attached hydrogens (tertiary/aromatic N) is 3. The monoisotopic (exact) mass is 282 g/mol. The van der Waals surface area contributed by atoms with Crippen LogP contribution in [0.5, 0.6) is 0 Å². The summed E-state index contributed by atoms with van der Waals surface area (Å²) < 4.78 is 0. The van der Waals surface area contributed by atoms with E-state index >= 15 is 0 Å². The molecule has 8 heteroatoms. The van der Waals surface area contributed by atoms with Crippen molar-refractivity contribution in [3.05, 3.63) is 39.4 Å². The van der Waals surface area contributed by atoms with Gasteiger partial charge in [-0.1, -0.05) is 23.5 Å².